The van der Waals surface area contributed by atoms with Crippen LogP contribution in [0.15, 0.2) is 0 Å². The molecule has 10 heavy (non-hydrogen) atoms. The smallest absolute Gasteiger partial charge is 0.163 e. The fourth-order valence-electron chi connectivity index (χ4n) is 1.02. The van der Waals surface area contributed by atoms with E-state index in [1.807, 2.05) is 11.8 Å². The van der Waals surface area contributed by atoms with Crippen LogP contribution in [0.1, 0.15) is 12.8 Å². The molecule has 2 nitrogen and oxygen atoms in total. The van der Waals surface area contributed by atoms with Gasteiger partial charge < -0.3 is 11.1 Å². The molecule has 0 aromatic rings. The van der Waals surface area contributed by atoms with Gasteiger partial charge in [-0.15, -0.1) is 0 Å². The number of hydrogen-bond acceptors (Lipinski definition) is 2. The molecule has 0 aliphatic carbocycles. The Morgan fingerprint density at radius 1 is 1.80 bits per heavy atom. The Morgan fingerprint density at radius 3 is 3.10 bits per heavy atom. The molecule has 0 aromatic carbocycles. The van der Waals surface area contributed by atoms with Crippen molar-refractivity contribution in [1.82, 2.24) is 5.32 Å². The second-order valence-corrected chi connectivity index (χ2v) is 4.23. The summed E-state index contributed by atoms with van der Waals surface area (Å²) in [4.78, 5) is 0. The summed E-state index contributed by atoms with van der Waals surface area (Å²) in [5.41, 5.74) is 5.28. The molecule has 58 valence electrons. The highest BCUT2D eigenvalue weighted by Gasteiger charge is 2.14. The lowest BCUT2D eigenvalue weighted by Crippen LogP contribution is -2.33. The van der Waals surface area contributed by atoms with E-state index in [1.165, 1.54) is 18.6 Å². The largest absolute Gasteiger partial charge is 0.376 e. The quantitative estimate of drug-likeness (QED) is 0.608. The minimum atomic E-state index is 0.424. The predicted octanol–water partition coefficient (Wildman–Crippen LogP) is 0.715. The minimum absolute atomic E-state index is 0.424. The Hall–Kier alpha value is 0.0400. The van der Waals surface area contributed by atoms with Crippen molar-refractivity contribution in [3.63, 3.8) is 0 Å². The standard InChI is InChI=1S/C6H12N2S2/c7-6(9)8-4-5-2-1-3-10-5/h5H,1-4H2,(H3,7,8,9)/t5-/m1/s1. The Labute approximate surface area is 70.9 Å². The molecule has 1 heterocycles. The summed E-state index contributed by atoms with van der Waals surface area (Å²) in [6.07, 6.45) is 2.65. The number of hydrogen-bond donors (Lipinski definition) is 2. The maximum Gasteiger partial charge on any atom is 0.163 e. The average molecular weight is 176 g/mol. The van der Waals surface area contributed by atoms with Crippen molar-refractivity contribution < 1.29 is 0 Å². The average Bonchev–Trinajstić information content (AvgIpc) is 2.34. The van der Waals surface area contributed by atoms with Gasteiger partial charge in [-0.1, -0.05) is 0 Å². The lowest BCUT2D eigenvalue weighted by atomic mass is 10.2. The van der Waals surface area contributed by atoms with E-state index < -0.39 is 0 Å². The van der Waals surface area contributed by atoms with Gasteiger partial charge in [0.15, 0.2) is 5.11 Å². The predicted molar refractivity (Wildman–Crippen MR) is 50.3 cm³/mol. The van der Waals surface area contributed by atoms with E-state index >= 15 is 0 Å². The highest BCUT2D eigenvalue weighted by Crippen LogP contribution is 2.24. The molecule has 1 aliphatic heterocycles. The van der Waals surface area contributed by atoms with Crippen LogP contribution in [-0.2, 0) is 0 Å². The molecule has 0 aromatic heterocycles. The lowest BCUT2D eigenvalue weighted by Gasteiger charge is -2.08. The molecule has 0 unspecified atom stereocenters. The Morgan fingerprint density at radius 2 is 2.60 bits per heavy atom. The molecule has 1 saturated heterocycles. The number of thioether (sulfide) groups is 1. The number of rotatable bonds is 2. The van der Waals surface area contributed by atoms with E-state index in [1.54, 1.807) is 0 Å². The van der Waals surface area contributed by atoms with Crippen LogP contribution in [0.3, 0.4) is 0 Å². The Balaban J connectivity index is 2.07. The molecular weight excluding hydrogens is 164 g/mol. The fraction of sp³-hybridized carbons (Fsp3) is 0.833. The van der Waals surface area contributed by atoms with Crippen LogP contribution < -0.4 is 11.1 Å². The summed E-state index contributed by atoms with van der Waals surface area (Å²) in [6, 6.07) is 0. The molecule has 0 radical (unpaired) electrons. The molecule has 0 saturated carbocycles. The van der Waals surface area contributed by atoms with Crippen molar-refractivity contribution in [2.45, 2.75) is 18.1 Å². The monoisotopic (exact) mass is 176 g/mol. The molecule has 1 aliphatic rings. The third kappa shape index (κ3) is 2.75. The maximum atomic E-state index is 5.28. The first kappa shape index (κ1) is 8.14. The van der Waals surface area contributed by atoms with E-state index in [0.717, 1.165) is 11.8 Å². The van der Waals surface area contributed by atoms with Gasteiger partial charge in [-0.2, -0.15) is 11.8 Å². The van der Waals surface area contributed by atoms with Gasteiger partial charge in [-0.3, -0.25) is 0 Å². The summed E-state index contributed by atoms with van der Waals surface area (Å²) in [6.45, 7) is 0.944. The third-order valence-corrected chi connectivity index (χ3v) is 3.07. The van der Waals surface area contributed by atoms with Gasteiger partial charge in [-0.05, 0) is 30.8 Å². The van der Waals surface area contributed by atoms with E-state index in [0.29, 0.717) is 5.11 Å². The molecule has 1 fully saturated rings. The number of nitrogens with one attached hydrogen (secondary N) is 1. The van der Waals surface area contributed by atoms with Gasteiger partial charge in [0.2, 0.25) is 0 Å². The third-order valence-electron chi connectivity index (χ3n) is 1.53. The van der Waals surface area contributed by atoms with Crippen molar-refractivity contribution >= 4 is 29.1 Å². The van der Waals surface area contributed by atoms with Crippen molar-refractivity contribution in [3.05, 3.63) is 0 Å². The summed E-state index contributed by atoms with van der Waals surface area (Å²) in [5, 5.41) is 4.14. The van der Waals surface area contributed by atoms with Crippen molar-refractivity contribution in [1.29, 1.82) is 0 Å². The highest BCUT2D eigenvalue weighted by molar-refractivity contribution is 8.00. The summed E-state index contributed by atoms with van der Waals surface area (Å²) >= 11 is 6.69. The molecule has 0 amide bonds. The first-order chi connectivity index (χ1) is 4.79. The SMILES string of the molecule is NC(=S)NC[C@H]1CCCS1. The molecule has 4 heteroatoms. The normalized spacial score (nSPS) is 24.6. The molecule has 0 bridgehead atoms. The minimum Gasteiger partial charge on any atom is -0.376 e. The van der Waals surface area contributed by atoms with Crippen LogP contribution in [-0.4, -0.2) is 22.7 Å². The van der Waals surface area contributed by atoms with Gasteiger partial charge in [0.05, 0.1) is 0 Å². The zero-order chi connectivity index (χ0) is 7.40. The molecule has 1 rings (SSSR count). The van der Waals surface area contributed by atoms with E-state index in [2.05, 4.69) is 17.5 Å². The molecule has 0 spiro atoms. The lowest BCUT2D eigenvalue weighted by molar-refractivity contribution is 0.748. The van der Waals surface area contributed by atoms with Gasteiger partial charge in [-0.25, -0.2) is 0 Å². The summed E-state index contributed by atoms with van der Waals surface area (Å²) < 4.78 is 0. The number of nitrogens with two attached hydrogens (primary N) is 1. The summed E-state index contributed by atoms with van der Waals surface area (Å²) in [7, 11) is 0. The zero-order valence-electron chi connectivity index (χ0n) is 5.80. The molecule has 1 atom stereocenters. The second kappa shape index (κ2) is 4.03. The Kier molecular flexibility index (Phi) is 3.28. The fourth-order valence-corrected chi connectivity index (χ4v) is 2.30. The Bertz CT molecular complexity index is 121. The maximum absolute atomic E-state index is 5.28. The van der Waals surface area contributed by atoms with E-state index in [4.69, 9.17) is 5.73 Å². The topological polar surface area (TPSA) is 38.0 Å². The van der Waals surface area contributed by atoms with Crippen LogP contribution in [0.2, 0.25) is 0 Å². The van der Waals surface area contributed by atoms with Crippen LogP contribution in [0, 0.1) is 0 Å². The van der Waals surface area contributed by atoms with E-state index in [9.17, 15) is 0 Å². The molecule has 3 N–H and O–H groups in total. The van der Waals surface area contributed by atoms with Gasteiger partial charge in [0.25, 0.3) is 0 Å². The van der Waals surface area contributed by atoms with Crippen molar-refractivity contribution in [2.75, 3.05) is 12.3 Å². The first-order valence-corrected chi connectivity index (χ1v) is 4.89. The highest BCUT2D eigenvalue weighted by atomic mass is 32.2. The van der Waals surface area contributed by atoms with E-state index in [-0.39, 0.29) is 0 Å². The van der Waals surface area contributed by atoms with Crippen LogP contribution >= 0.6 is 24.0 Å². The van der Waals surface area contributed by atoms with Gasteiger partial charge in [0.1, 0.15) is 0 Å². The first-order valence-electron chi connectivity index (χ1n) is 3.44. The zero-order valence-corrected chi connectivity index (χ0v) is 7.43. The van der Waals surface area contributed by atoms with Crippen LogP contribution in [0.25, 0.3) is 0 Å². The van der Waals surface area contributed by atoms with Crippen molar-refractivity contribution in [3.8, 4) is 0 Å². The van der Waals surface area contributed by atoms with Crippen LogP contribution in [0.4, 0.5) is 0 Å². The summed E-state index contributed by atoms with van der Waals surface area (Å²) in [5.74, 6) is 1.30. The second-order valence-electron chi connectivity index (χ2n) is 2.38. The van der Waals surface area contributed by atoms with Crippen LogP contribution in [0.5, 0.6) is 0 Å². The van der Waals surface area contributed by atoms with Gasteiger partial charge >= 0.3 is 0 Å². The number of thiocarbonyl (C=S) groups is 1. The molecular formula is C6H12N2S2. The van der Waals surface area contributed by atoms with Crippen molar-refractivity contribution in [2.24, 2.45) is 5.73 Å². The van der Waals surface area contributed by atoms with Gasteiger partial charge in [0, 0.05) is 11.8 Å².